The standard InChI is InChI=1S/C22H19FN4O5/c1-11-19(12-3-6-14(23)7-4-12)26-27-16(10-18(28)25-20(11)27)21(29)24-15-9-13(22(30)31)5-8-17(15)32-2/h3-9,16H,10H2,1-2H3,(H,24,29)(H,25,28)(H,30,31)/t16-/m1/s1. The number of hydrogen-bond donors (Lipinski definition) is 3. The summed E-state index contributed by atoms with van der Waals surface area (Å²) in [7, 11) is 1.39. The Morgan fingerprint density at radius 3 is 2.62 bits per heavy atom. The number of hydrogen-bond acceptors (Lipinski definition) is 5. The van der Waals surface area contributed by atoms with E-state index in [4.69, 9.17) is 4.74 Å². The first-order valence-corrected chi connectivity index (χ1v) is 9.65. The van der Waals surface area contributed by atoms with E-state index >= 15 is 0 Å². The Morgan fingerprint density at radius 2 is 1.97 bits per heavy atom. The minimum atomic E-state index is -1.16. The monoisotopic (exact) mass is 438 g/mol. The highest BCUT2D eigenvalue weighted by atomic mass is 19.1. The van der Waals surface area contributed by atoms with Crippen LogP contribution >= 0.6 is 0 Å². The number of rotatable bonds is 5. The van der Waals surface area contributed by atoms with E-state index in [1.54, 1.807) is 19.1 Å². The molecule has 0 fully saturated rings. The van der Waals surface area contributed by atoms with E-state index in [0.717, 1.165) is 0 Å². The molecule has 0 bridgehead atoms. The molecule has 0 saturated heterocycles. The van der Waals surface area contributed by atoms with Crippen LogP contribution in [-0.2, 0) is 9.59 Å². The Bertz CT molecular complexity index is 1240. The molecule has 2 amide bonds. The number of anilines is 2. The second kappa shape index (κ2) is 8.14. The lowest BCUT2D eigenvalue weighted by atomic mass is 10.1. The molecule has 4 rings (SSSR count). The van der Waals surface area contributed by atoms with Crippen LogP contribution in [0.15, 0.2) is 42.5 Å². The number of aromatic nitrogens is 2. The highest BCUT2D eigenvalue weighted by Crippen LogP contribution is 2.35. The van der Waals surface area contributed by atoms with Gasteiger partial charge >= 0.3 is 5.97 Å². The van der Waals surface area contributed by atoms with Crippen LogP contribution in [-0.4, -0.2) is 39.8 Å². The van der Waals surface area contributed by atoms with Gasteiger partial charge in [-0.25, -0.2) is 13.9 Å². The summed E-state index contributed by atoms with van der Waals surface area (Å²) in [6.07, 6.45) is -0.163. The molecule has 1 atom stereocenters. The fourth-order valence-corrected chi connectivity index (χ4v) is 3.58. The number of amides is 2. The average molecular weight is 438 g/mol. The molecular formula is C22H19FN4O5. The largest absolute Gasteiger partial charge is 0.495 e. The number of ether oxygens (including phenoxy) is 1. The molecule has 0 spiro atoms. The second-order valence-corrected chi connectivity index (χ2v) is 7.25. The van der Waals surface area contributed by atoms with E-state index in [-0.39, 0.29) is 29.3 Å². The van der Waals surface area contributed by atoms with Crippen molar-refractivity contribution in [2.75, 3.05) is 17.7 Å². The van der Waals surface area contributed by atoms with Crippen molar-refractivity contribution in [2.45, 2.75) is 19.4 Å². The highest BCUT2D eigenvalue weighted by Gasteiger charge is 2.34. The molecule has 1 aliphatic rings. The predicted molar refractivity (Wildman–Crippen MR) is 113 cm³/mol. The molecule has 9 nitrogen and oxygen atoms in total. The summed E-state index contributed by atoms with van der Waals surface area (Å²) in [5.41, 5.74) is 1.90. The van der Waals surface area contributed by atoms with Crippen molar-refractivity contribution in [3.8, 4) is 17.0 Å². The van der Waals surface area contributed by atoms with Crippen molar-refractivity contribution in [1.29, 1.82) is 0 Å². The zero-order valence-corrected chi connectivity index (χ0v) is 17.2. The van der Waals surface area contributed by atoms with E-state index in [0.29, 0.717) is 22.6 Å². The van der Waals surface area contributed by atoms with Crippen LogP contribution in [0.4, 0.5) is 15.9 Å². The fraction of sp³-hybridized carbons (Fsp3) is 0.182. The van der Waals surface area contributed by atoms with Gasteiger partial charge in [-0.1, -0.05) is 0 Å². The van der Waals surface area contributed by atoms with Crippen molar-refractivity contribution >= 4 is 29.3 Å². The molecule has 2 heterocycles. The van der Waals surface area contributed by atoms with Crippen LogP contribution in [0.25, 0.3) is 11.3 Å². The summed E-state index contributed by atoms with van der Waals surface area (Å²) >= 11 is 0. The van der Waals surface area contributed by atoms with E-state index in [2.05, 4.69) is 15.7 Å². The normalized spacial score (nSPS) is 15.0. The third-order valence-corrected chi connectivity index (χ3v) is 5.20. The van der Waals surface area contributed by atoms with Gasteiger partial charge < -0.3 is 20.5 Å². The smallest absolute Gasteiger partial charge is 0.335 e. The van der Waals surface area contributed by atoms with Crippen LogP contribution in [0, 0.1) is 12.7 Å². The van der Waals surface area contributed by atoms with Gasteiger partial charge in [0.1, 0.15) is 23.4 Å². The summed E-state index contributed by atoms with van der Waals surface area (Å²) in [5, 5.41) is 19.1. The van der Waals surface area contributed by atoms with E-state index < -0.39 is 23.7 Å². The van der Waals surface area contributed by atoms with Crippen LogP contribution in [0.1, 0.15) is 28.4 Å². The maximum absolute atomic E-state index is 13.3. The lowest BCUT2D eigenvalue weighted by molar-refractivity contribution is -0.125. The predicted octanol–water partition coefficient (Wildman–Crippen LogP) is 3.23. The molecule has 3 N–H and O–H groups in total. The first-order valence-electron chi connectivity index (χ1n) is 9.65. The van der Waals surface area contributed by atoms with Gasteiger partial charge in [0.25, 0.3) is 0 Å². The SMILES string of the molecule is COc1ccc(C(=O)O)cc1NC(=O)[C@H]1CC(=O)Nc2c(C)c(-c3ccc(F)cc3)nn21. The Hall–Kier alpha value is -4.21. The molecule has 10 heteroatoms. The van der Waals surface area contributed by atoms with Crippen molar-refractivity contribution < 1.29 is 28.6 Å². The van der Waals surface area contributed by atoms with Gasteiger partial charge in [0.15, 0.2) is 0 Å². The average Bonchev–Trinajstić information content (AvgIpc) is 3.10. The maximum atomic E-state index is 13.3. The second-order valence-electron chi connectivity index (χ2n) is 7.25. The van der Waals surface area contributed by atoms with E-state index in [1.807, 2.05) is 0 Å². The Labute approximate surface area is 181 Å². The van der Waals surface area contributed by atoms with Gasteiger partial charge in [-0.3, -0.25) is 9.59 Å². The lowest BCUT2D eigenvalue weighted by Crippen LogP contribution is -2.36. The molecule has 0 saturated carbocycles. The summed E-state index contributed by atoms with van der Waals surface area (Å²) in [4.78, 5) is 36.7. The Balaban J connectivity index is 1.70. The molecule has 0 aliphatic carbocycles. The minimum Gasteiger partial charge on any atom is -0.495 e. The molecule has 0 unspecified atom stereocenters. The zero-order chi connectivity index (χ0) is 23.0. The molecule has 1 aromatic heterocycles. The minimum absolute atomic E-state index is 0.0308. The van der Waals surface area contributed by atoms with Gasteiger partial charge in [-0.05, 0) is 49.4 Å². The molecule has 3 aromatic rings. The summed E-state index contributed by atoms with van der Waals surface area (Å²) < 4.78 is 19.9. The van der Waals surface area contributed by atoms with Crippen molar-refractivity contribution in [3.63, 3.8) is 0 Å². The lowest BCUT2D eigenvalue weighted by Gasteiger charge is -2.24. The van der Waals surface area contributed by atoms with E-state index in [9.17, 15) is 23.9 Å². The quantitative estimate of drug-likeness (QED) is 0.562. The third-order valence-electron chi connectivity index (χ3n) is 5.20. The number of carbonyl (C=O) groups excluding carboxylic acids is 2. The molecule has 164 valence electrons. The molecule has 1 aliphatic heterocycles. The van der Waals surface area contributed by atoms with Gasteiger partial charge in [-0.15, -0.1) is 0 Å². The topological polar surface area (TPSA) is 123 Å². The summed E-state index contributed by atoms with van der Waals surface area (Å²) in [5.74, 6) is -1.83. The number of carboxylic acid groups (broad SMARTS) is 1. The number of carbonyl (C=O) groups is 3. The number of carboxylic acids is 1. The van der Waals surface area contributed by atoms with Crippen molar-refractivity contribution in [2.24, 2.45) is 0 Å². The van der Waals surface area contributed by atoms with Gasteiger partial charge in [0, 0.05) is 11.1 Å². The number of fused-ring (bicyclic) bond motifs is 1. The van der Waals surface area contributed by atoms with Crippen molar-refractivity contribution in [3.05, 3.63) is 59.4 Å². The summed E-state index contributed by atoms with van der Waals surface area (Å²) in [6.45, 7) is 1.75. The van der Waals surface area contributed by atoms with Crippen LogP contribution < -0.4 is 15.4 Å². The number of methoxy groups -OCH3 is 1. The molecule has 32 heavy (non-hydrogen) atoms. The maximum Gasteiger partial charge on any atom is 0.335 e. The summed E-state index contributed by atoms with van der Waals surface area (Å²) in [6, 6.07) is 8.82. The van der Waals surface area contributed by atoms with Crippen LogP contribution in [0.5, 0.6) is 5.75 Å². The Kier molecular flexibility index (Phi) is 5.35. The number of nitrogens with zero attached hydrogens (tertiary/aromatic N) is 2. The highest BCUT2D eigenvalue weighted by molar-refractivity contribution is 6.03. The molecule has 0 radical (unpaired) electrons. The molecular weight excluding hydrogens is 419 g/mol. The number of nitrogens with one attached hydrogen (secondary N) is 2. The third kappa shape index (κ3) is 3.78. The van der Waals surface area contributed by atoms with Crippen molar-refractivity contribution in [1.82, 2.24) is 9.78 Å². The first kappa shape index (κ1) is 21.0. The first-order chi connectivity index (χ1) is 15.3. The van der Waals surface area contributed by atoms with Gasteiger partial charge in [0.05, 0.1) is 30.5 Å². The van der Waals surface area contributed by atoms with E-state index in [1.165, 1.54) is 42.1 Å². The van der Waals surface area contributed by atoms with Crippen LogP contribution in [0.3, 0.4) is 0 Å². The number of aromatic carboxylic acids is 1. The Morgan fingerprint density at radius 1 is 1.25 bits per heavy atom. The fourth-order valence-electron chi connectivity index (χ4n) is 3.58. The zero-order valence-electron chi connectivity index (χ0n) is 17.2. The number of halogens is 1. The van der Waals surface area contributed by atoms with Gasteiger partial charge in [-0.2, -0.15) is 5.10 Å². The number of benzene rings is 2. The molecule has 2 aromatic carbocycles. The van der Waals surface area contributed by atoms with Crippen LogP contribution in [0.2, 0.25) is 0 Å². The van der Waals surface area contributed by atoms with Gasteiger partial charge in [0.2, 0.25) is 11.8 Å².